The average molecular weight is 382 g/mol. The molecule has 1 aromatic rings. The zero-order valence-corrected chi connectivity index (χ0v) is 15.9. The largest absolute Gasteiger partial charge is 0.490 e. The molecular formula is C18H26N2O5S. The molecule has 0 unspecified atom stereocenters. The van der Waals surface area contributed by atoms with Crippen LogP contribution in [0.4, 0.5) is 0 Å². The smallest absolute Gasteiger partial charge is 0.254 e. The summed E-state index contributed by atoms with van der Waals surface area (Å²) >= 11 is 0. The number of hydrogen-bond acceptors (Lipinski definition) is 5. The first-order valence-electron chi connectivity index (χ1n) is 9.02. The number of hydrogen-bond donors (Lipinski definition) is 0. The van der Waals surface area contributed by atoms with Crippen molar-refractivity contribution in [3.63, 3.8) is 0 Å². The Hall–Kier alpha value is -1.64. The molecule has 2 heterocycles. The minimum absolute atomic E-state index is 0.00662. The monoisotopic (exact) mass is 382 g/mol. The molecule has 3 rings (SSSR count). The number of rotatable bonds is 4. The van der Waals surface area contributed by atoms with E-state index in [1.807, 2.05) is 17.0 Å². The maximum Gasteiger partial charge on any atom is 0.254 e. The van der Waals surface area contributed by atoms with Crippen molar-refractivity contribution in [2.45, 2.75) is 25.4 Å². The average Bonchev–Trinajstić information content (AvgIpc) is 2.90. The van der Waals surface area contributed by atoms with Crippen LogP contribution in [-0.2, 0) is 14.8 Å². The molecule has 0 aliphatic carbocycles. The van der Waals surface area contributed by atoms with Crippen LogP contribution in [0.3, 0.4) is 0 Å². The topological polar surface area (TPSA) is 76.2 Å². The highest BCUT2D eigenvalue weighted by Gasteiger charge is 2.26. The lowest BCUT2D eigenvalue weighted by Crippen LogP contribution is -2.41. The Balaban J connectivity index is 1.60. The summed E-state index contributed by atoms with van der Waals surface area (Å²) in [7, 11) is -3.14. The number of ether oxygens (including phenoxy) is 2. The molecule has 0 bridgehead atoms. The summed E-state index contributed by atoms with van der Waals surface area (Å²) in [5, 5.41) is 0. The van der Waals surface area contributed by atoms with Gasteiger partial charge in [-0.25, -0.2) is 12.7 Å². The SMILES string of the molecule is CS(=O)(=O)N1CCC(Oc2cccc(C(=O)N3CCCOCC3)c2)CC1. The first-order chi connectivity index (χ1) is 12.4. The van der Waals surface area contributed by atoms with Crippen molar-refractivity contribution < 1.29 is 22.7 Å². The van der Waals surface area contributed by atoms with Gasteiger partial charge in [0.05, 0.1) is 12.9 Å². The number of sulfonamides is 1. The second-order valence-corrected chi connectivity index (χ2v) is 8.75. The Bertz CT molecular complexity index is 721. The summed E-state index contributed by atoms with van der Waals surface area (Å²) in [6, 6.07) is 7.23. The van der Waals surface area contributed by atoms with Crippen molar-refractivity contribution in [2.24, 2.45) is 0 Å². The number of piperidine rings is 1. The lowest BCUT2D eigenvalue weighted by molar-refractivity contribution is 0.0740. The van der Waals surface area contributed by atoms with E-state index in [2.05, 4.69) is 0 Å². The lowest BCUT2D eigenvalue weighted by atomic mass is 10.1. The van der Waals surface area contributed by atoms with Gasteiger partial charge in [-0.05, 0) is 37.5 Å². The second kappa shape index (κ2) is 8.37. The van der Waals surface area contributed by atoms with Crippen molar-refractivity contribution >= 4 is 15.9 Å². The van der Waals surface area contributed by atoms with Crippen molar-refractivity contribution in [1.82, 2.24) is 9.21 Å². The lowest BCUT2D eigenvalue weighted by Gasteiger charge is -2.30. The van der Waals surface area contributed by atoms with E-state index in [1.165, 1.54) is 10.6 Å². The van der Waals surface area contributed by atoms with Crippen LogP contribution in [0.2, 0.25) is 0 Å². The van der Waals surface area contributed by atoms with E-state index < -0.39 is 10.0 Å². The van der Waals surface area contributed by atoms with E-state index in [4.69, 9.17) is 9.47 Å². The number of nitrogens with zero attached hydrogens (tertiary/aromatic N) is 2. The molecule has 2 aliphatic rings. The van der Waals surface area contributed by atoms with Crippen LogP contribution in [0, 0.1) is 0 Å². The van der Waals surface area contributed by atoms with Crippen LogP contribution in [0.5, 0.6) is 5.75 Å². The maximum absolute atomic E-state index is 12.7. The highest BCUT2D eigenvalue weighted by atomic mass is 32.2. The quantitative estimate of drug-likeness (QED) is 0.786. The summed E-state index contributed by atoms with van der Waals surface area (Å²) in [6.45, 7) is 3.51. The molecule has 26 heavy (non-hydrogen) atoms. The van der Waals surface area contributed by atoms with Crippen LogP contribution in [-0.4, -0.2) is 75.3 Å². The van der Waals surface area contributed by atoms with Gasteiger partial charge in [-0.1, -0.05) is 6.07 Å². The standard InChI is InChI=1S/C18H26N2O5S/c1-26(22,23)20-9-6-16(7-10-20)25-17-5-2-4-15(14-17)18(21)19-8-3-12-24-13-11-19/h2,4-5,14,16H,3,6-13H2,1H3. The van der Waals surface area contributed by atoms with E-state index in [1.54, 1.807) is 12.1 Å². The molecular weight excluding hydrogens is 356 g/mol. The third kappa shape index (κ3) is 4.96. The molecule has 0 atom stereocenters. The number of carbonyl (C=O) groups is 1. The van der Waals surface area contributed by atoms with Crippen molar-refractivity contribution in [2.75, 3.05) is 45.6 Å². The van der Waals surface area contributed by atoms with Crippen LogP contribution < -0.4 is 4.74 Å². The fourth-order valence-electron chi connectivity index (χ4n) is 3.31. The summed E-state index contributed by atoms with van der Waals surface area (Å²) in [6.07, 6.45) is 3.34. The van der Waals surface area contributed by atoms with Gasteiger partial charge in [-0.15, -0.1) is 0 Å². The highest BCUT2D eigenvalue weighted by molar-refractivity contribution is 7.88. The van der Waals surface area contributed by atoms with Crippen LogP contribution >= 0.6 is 0 Å². The van der Waals surface area contributed by atoms with E-state index in [9.17, 15) is 13.2 Å². The van der Waals surface area contributed by atoms with Crippen molar-refractivity contribution in [1.29, 1.82) is 0 Å². The van der Waals surface area contributed by atoms with Crippen LogP contribution in [0.25, 0.3) is 0 Å². The molecule has 7 nitrogen and oxygen atoms in total. The molecule has 1 amide bonds. The summed E-state index contributed by atoms with van der Waals surface area (Å²) in [4.78, 5) is 14.5. The predicted molar refractivity (Wildman–Crippen MR) is 97.8 cm³/mol. The van der Waals surface area contributed by atoms with Gasteiger partial charge in [-0.2, -0.15) is 0 Å². The van der Waals surface area contributed by atoms with Crippen LogP contribution in [0.1, 0.15) is 29.6 Å². The fraction of sp³-hybridized carbons (Fsp3) is 0.611. The van der Waals surface area contributed by atoms with Gasteiger partial charge in [0.25, 0.3) is 5.91 Å². The third-order valence-electron chi connectivity index (χ3n) is 4.76. The van der Waals surface area contributed by atoms with Gasteiger partial charge in [0.15, 0.2) is 0 Å². The molecule has 144 valence electrons. The molecule has 0 radical (unpaired) electrons. The zero-order chi connectivity index (χ0) is 18.6. The molecule has 2 fully saturated rings. The van der Waals surface area contributed by atoms with Gasteiger partial charge in [-0.3, -0.25) is 4.79 Å². The van der Waals surface area contributed by atoms with Gasteiger partial charge < -0.3 is 14.4 Å². The second-order valence-electron chi connectivity index (χ2n) is 6.77. The first-order valence-corrected chi connectivity index (χ1v) is 10.9. The van der Waals surface area contributed by atoms with E-state index in [-0.39, 0.29) is 12.0 Å². The third-order valence-corrected chi connectivity index (χ3v) is 6.07. The zero-order valence-electron chi connectivity index (χ0n) is 15.1. The van der Waals surface area contributed by atoms with Crippen molar-refractivity contribution in [3.8, 4) is 5.75 Å². The summed E-state index contributed by atoms with van der Waals surface area (Å²) < 4.78 is 36.0. The van der Waals surface area contributed by atoms with Gasteiger partial charge in [0.1, 0.15) is 11.9 Å². The molecule has 0 aromatic heterocycles. The summed E-state index contributed by atoms with van der Waals surface area (Å²) in [5.74, 6) is 0.646. The molecule has 2 saturated heterocycles. The first kappa shape index (κ1) is 19.1. The molecule has 2 aliphatic heterocycles. The van der Waals surface area contributed by atoms with Crippen LogP contribution in [0.15, 0.2) is 24.3 Å². The molecule has 0 saturated carbocycles. The molecule has 1 aromatic carbocycles. The van der Waals surface area contributed by atoms with Gasteiger partial charge in [0, 0.05) is 38.3 Å². The number of amides is 1. The molecule has 8 heteroatoms. The summed E-state index contributed by atoms with van der Waals surface area (Å²) in [5.41, 5.74) is 0.609. The normalized spacial score (nSPS) is 20.6. The molecule has 0 N–H and O–H groups in total. The number of benzene rings is 1. The van der Waals surface area contributed by atoms with Gasteiger partial charge >= 0.3 is 0 Å². The van der Waals surface area contributed by atoms with E-state index in [0.29, 0.717) is 63.5 Å². The minimum Gasteiger partial charge on any atom is -0.490 e. The Morgan fingerprint density at radius 1 is 1.15 bits per heavy atom. The Labute approximate surface area is 154 Å². The van der Waals surface area contributed by atoms with E-state index >= 15 is 0 Å². The predicted octanol–water partition coefficient (Wildman–Crippen LogP) is 1.35. The Kier molecular flexibility index (Phi) is 6.16. The van der Waals surface area contributed by atoms with E-state index in [0.717, 1.165) is 6.42 Å². The van der Waals surface area contributed by atoms with Crippen molar-refractivity contribution in [3.05, 3.63) is 29.8 Å². The Morgan fingerprint density at radius 3 is 2.65 bits per heavy atom. The molecule has 0 spiro atoms. The number of carbonyl (C=O) groups excluding carboxylic acids is 1. The maximum atomic E-state index is 12.7. The Morgan fingerprint density at radius 2 is 1.92 bits per heavy atom. The highest BCUT2D eigenvalue weighted by Crippen LogP contribution is 2.22. The van der Waals surface area contributed by atoms with Gasteiger partial charge in [0.2, 0.25) is 10.0 Å². The fourth-order valence-corrected chi connectivity index (χ4v) is 4.18. The minimum atomic E-state index is -3.14.